The number of fused-ring (bicyclic) bond motifs is 3. The van der Waals surface area contributed by atoms with E-state index < -0.39 is 11.4 Å². The highest BCUT2D eigenvalue weighted by molar-refractivity contribution is 5.85. The summed E-state index contributed by atoms with van der Waals surface area (Å²) in [4.78, 5) is 12.5. The molecule has 0 aromatic heterocycles. The molecule has 0 aliphatic heterocycles. The minimum atomic E-state index is -1.09. The molecule has 1 fully saturated rings. The van der Waals surface area contributed by atoms with Gasteiger partial charge in [-0.3, -0.25) is 4.79 Å². The molecule has 1 unspecified atom stereocenters. The molecule has 0 heterocycles. The van der Waals surface area contributed by atoms with E-state index in [1.165, 1.54) is 0 Å². The number of aromatic hydroxyl groups is 2. The minimum absolute atomic E-state index is 0.0288. The first-order chi connectivity index (χ1) is 11.1. The number of phenols is 2. The second-order valence-electron chi connectivity index (χ2n) is 8.56. The Bertz CT molecular complexity index is 689. The third-order valence-corrected chi connectivity index (χ3v) is 6.47. The highest BCUT2D eigenvalue weighted by Crippen LogP contribution is 2.60. The van der Waals surface area contributed by atoms with Gasteiger partial charge in [0.1, 0.15) is 0 Å². The predicted molar refractivity (Wildman–Crippen MR) is 92.6 cm³/mol. The number of aliphatic carboxylic acids is 1. The standard InChI is InChI=1S/C20H28O4/c1-11(2)13-10-12-6-7-14-19(3,4)8-5-9-20(14,18(23)24)15(12)17(22)16(13)21/h10-11,14,21-22H,5-9H2,1-4H3,(H,23,24)/t14?,20-/m1/s1. The number of carboxylic acid groups (broad SMARTS) is 1. The van der Waals surface area contributed by atoms with Gasteiger partial charge in [-0.25, -0.2) is 0 Å². The Morgan fingerprint density at radius 2 is 1.88 bits per heavy atom. The van der Waals surface area contributed by atoms with E-state index in [9.17, 15) is 20.1 Å². The van der Waals surface area contributed by atoms with Gasteiger partial charge in [0.15, 0.2) is 11.5 Å². The second kappa shape index (κ2) is 5.40. The molecule has 4 heteroatoms. The van der Waals surface area contributed by atoms with E-state index in [4.69, 9.17) is 0 Å². The van der Waals surface area contributed by atoms with Crippen LogP contribution in [-0.2, 0) is 16.6 Å². The minimum Gasteiger partial charge on any atom is -0.504 e. The molecule has 1 saturated carbocycles. The Kier molecular flexibility index (Phi) is 3.85. The van der Waals surface area contributed by atoms with Gasteiger partial charge in [-0.2, -0.15) is 0 Å². The molecule has 0 bridgehead atoms. The third-order valence-electron chi connectivity index (χ3n) is 6.47. The average Bonchev–Trinajstić information content (AvgIpc) is 2.49. The van der Waals surface area contributed by atoms with E-state index in [-0.39, 0.29) is 28.7 Å². The number of aryl methyl sites for hydroxylation is 1. The number of benzene rings is 1. The van der Waals surface area contributed by atoms with Crippen molar-refractivity contribution in [3.05, 3.63) is 22.8 Å². The lowest BCUT2D eigenvalue weighted by Crippen LogP contribution is -2.54. The summed E-state index contributed by atoms with van der Waals surface area (Å²) in [6.45, 7) is 8.20. The Hall–Kier alpha value is -1.71. The lowest BCUT2D eigenvalue weighted by atomic mass is 9.49. The maximum absolute atomic E-state index is 12.5. The molecular formula is C20H28O4. The van der Waals surface area contributed by atoms with Crippen LogP contribution in [0, 0.1) is 11.3 Å². The monoisotopic (exact) mass is 332 g/mol. The van der Waals surface area contributed by atoms with Crippen LogP contribution in [0.4, 0.5) is 0 Å². The van der Waals surface area contributed by atoms with Gasteiger partial charge in [-0.05, 0) is 48.5 Å². The molecule has 1 aromatic carbocycles. The first kappa shape index (κ1) is 17.1. The molecule has 132 valence electrons. The van der Waals surface area contributed by atoms with Gasteiger partial charge < -0.3 is 15.3 Å². The zero-order valence-electron chi connectivity index (χ0n) is 15.0. The van der Waals surface area contributed by atoms with Gasteiger partial charge >= 0.3 is 5.97 Å². The third kappa shape index (κ3) is 2.15. The largest absolute Gasteiger partial charge is 0.504 e. The smallest absolute Gasteiger partial charge is 0.314 e. The maximum Gasteiger partial charge on any atom is 0.314 e. The van der Waals surface area contributed by atoms with E-state index in [0.29, 0.717) is 17.5 Å². The lowest BCUT2D eigenvalue weighted by molar-refractivity contribution is -0.152. The van der Waals surface area contributed by atoms with Crippen molar-refractivity contribution >= 4 is 5.97 Å². The molecule has 2 atom stereocenters. The van der Waals surface area contributed by atoms with Crippen molar-refractivity contribution in [2.75, 3.05) is 0 Å². The van der Waals surface area contributed by atoms with E-state index in [0.717, 1.165) is 31.2 Å². The normalized spacial score (nSPS) is 28.3. The lowest BCUT2D eigenvalue weighted by Gasteiger charge is -2.53. The van der Waals surface area contributed by atoms with Crippen molar-refractivity contribution in [1.29, 1.82) is 0 Å². The first-order valence-corrected chi connectivity index (χ1v) is 8.94. The molecule has 4 nitrogen and oxygen atoms in total. The predicted octanol–water partition coefficient (Wildman–Crippen LogP) is 4.32. The van der Waals surface area contributed by atoms with Crippen LogP contribution in [0.25, 0.3) is 0 Å². The van der Waals surface area contributed by atoms with Gasteiger partial charge in [0.05, 0.1) is 5.41 Å². The van der Waals surface area contributed by atoms with E-state index >= 15 is 0 Å². The van der Waals surface area contributed by atoms with Crippen molar-refractivity contribution in [3.8, 4) is 11.5 Å². The van der Waals surface area contributed by atoms with Crippen molar-refractivity contribution in [3.63, 3.8) is 0 Å². The zero-order chi connectivity index (χ0) is 17.9. The topological polar surface area (TPSA) is 77.8 Å². The molecule has 0 spiro atoms. The van der Waals surface area contributed by atoms with E-state index in [1.807, 2.05) is 19.9 Å². The van der Waals surface area contributed by atoms with Gasteiger partial charge in [-0.1, -0.05) is 40.2 Å². The fourth-order valence-electron chi connectivity index (χ4n) is 5.31. The van der Waals surface area contributed by atoms with Crippen molar-refractivity contribution < 1.29 is 20.1 Å². The van der Waals surface area contributed by atoms with Gasteiger partial charge in [0, 0.05) is 11.1 Å². The maximum atomic E-state index is 12.5. The summed E-state index contributed by atoms with van der Waals surface area (Å²) < 4.78 is 0. The van der Waals surface area contributed by atoms with Gasteiger partial charge in [-0.15, -0.1) is 0 Å². The SMILES string of the molecule is CC(C)c1cc2c(c(O)c1O)[C@@]1(C(=O)O)CCCC(C)(C)C1CC2. The molecule has 3 rings (SSSR count). The van der Waals surface area contributed by atoms with Gasteiger partial charge in [0.25, 0.3) is 0 Å². The van der Waals surface area contributed by atoms with Crippen LogP contribution in [0.5, 0.6) is 11.5 Å². The Labute approximate surface area is 143 Å². The fourth-order valence-corrected chi connectivity index (χ4v) is 5.31. The van der Waals surface area contributed by atoms with E-state index in [2.05, 4.69) is 13.8 Å². The zero-order valence-corrected chi connectivity index (χ0v) is 15.0. The number of phenolic OH excluding ortho intramolecular Hbond substituents is 2. The molecule has 0 saturated heterocycles. The Balaban J connectivity index is 2.31. The molecule has 2 aliphatic rings. The van der Waals surface area contributed by atoms with Crippen LogP contribution in [0.1, 0.15) is 76.0 Å². The quantitative estimate of drug-likeness (QED) is 0.705. The summed E-state index contributed by atoms with van der Waals surface area (Å²) in [6.07, 6.45) is 3.91. The Morgan fingerprint density at radius 1 is 1.21 bits per heavy atom. The summed E-state index contributed by atoms with van der Waals surface area (Å²) in [5.74, 6) is -1.18. The van der Waals surface area contributed by atoms with Crippen molar-refractivity contribution in [2.24, 2.45) is 11.3 Å². The summed E-state index contributed by atoms with van der Waals surface area (Å²) in [7, 11) is 0. The van der Waals surface area contributed by atoms with Crippen LogP contribution in [0.2, 0.25) is 0 Å². The molecule has 3 N–H and O–H groups in total. The summed E-state index contributed by atoms with van der Waals surface area (Å²) in [5, 5.41) is 31.5. The average molecular weight is 332 g/mol. The van der Waals surface area contributed by atoms with Crippen LogP contribution < -0.4 is 0 Å². The Morgan fingerprint density at radius 3 is 2.46 bits per heavy atom. The van der Waals surface area contributed by atoms with Crippen molar-refractivity contribution in [1.82, 2.24) is 0 Å². The van der Waals surface area contributed by atoms with Gasteiger partial charge in [0.2, 0.25) is 0 Å². The van der Waals surface area contributed by atoms with Crippen molar-refractivity contribution in [2.45, 2.75) is 71.1 Å². The van der Waals surface area contributed by atoms with Crippen LogP contribution in [0.15, 0.2) is 6.07 Å². The van der Waals surface area contributed by atoms with Crippen LogP contribution in [-0.4, -0.2) is 21.3 Å². The molecule has 1 aromatic rings. The molecule has 0 amide bonds. The number of rotatable bonds is 2. The first-order valence-electron chi connectivity index (χ1n) is 8.94. The highest BCUT2D eigenvalue weighted by atomic mass is 16.4. The molecule has 0 radical (unpaired) electrons. The number of carbonyl (C=O) groups is 1. The van der Waals surface area contributed by atoms with Crippen LogP contribution in [0.3, 0.4) is 0 Å². The van der Waals surface area contributed by atoms with E-state index in [1.54, 1.807) is 0 Å². The fraction of sp³-hybridized carbons (Fsp3) is 0.650. The molecular weight excluding hydrogens is 304 g/mol. The number of hydrogen-bond donors (Lipinski definition) is 3. The summed E-state index contributed by atoms with van der Waals surface area (Å²) in [5.41, 5.74) is 0.881. The number of carboxylic acids is 1. The second-order valence-corrected chi connectivity index (χ2v) is 8.56. The summed E-state index contributed by atoms with van der Waals surface area (Å²) >= 11 is 0. The highest BCUT2D eigenvalue weighted by Gasteiger charge is 2.58. The molecule has 2 aliphatic carbocycles. The van der Waals surface area contributed by atoms with Crippen LogP contribution >= 0.6 is 0 Å². The molecule has 24 heavy (non-hydrogen) atoms. The summed E-state index contributed by atoms with van der Waals surface area (Å²) in [6, 6.07) is 1.91. The number of hydrogen-bond acceptors (Lipinski definition) is 3.